The highest BCUT2D eigenvalue weighted by atomic mass is 32.2. The SMILES string of the molecule is CCc1ccc(C(CN)N(C)CCS(C)(=O)=O)s1. The molecule has 104 valence electrons. The molecule has 0 aliphatic carbocycles. The maximum atomic E-state index is 11.2. The second kappa shape index (κ2) is 6.65. The van der Waals surface area contributed by atoms with E-state index < -0.39 is 9.84 Å². The number of rotatable bonds is 7. The average Bonchev–Trinajstić information content (AvgIpc) is 2.75. The minimum absolute atomic E-state index is 0.108. The second-order valence-electron chi connectivity index (χ2n) is 4.52. The first-order chi connectivity index (χ1) is 8.37. The summed E-state index contributed by atoms with van der Waals surface area (Å²) >= 11 is 1.76. The smallest absolute Gasteiger partial charge is 0.148 e. The Hall–Kier alpha value is -0.430. The van der Waals surface area contributed by atoms with Crippen molar-refractivity contribution < 1.29 is 8.42 Å². The molecule has 0 spiro atoms. The first-order valence-corrected chi connectivity index (χ1v) is 8.91. The number of likely N-dealkylation sites (N-methyl/N-ethyl adjacent to an activating group) is 1. The molecular formula is C12H22N2O2S2. The van der Waals surface area contributed by atoms with Crippen molar-refractivity contribution in [2.45, 2.75) is 19.4 Å². The van der Waals surface area contributed by atoms with Crippen LogP contribution in [0.1, 0.15) is 22.7 Å². The normalized spacial score (nSPS) is 14.1. The average molecular weight is 290 g/mol. The molecule has 1 unspecified atom stereocenters. The summed E-state index contributed by atoms with van der Waals surface area (Å²) in [7, 11) is -0.997. The third-order valence-electron chi connectivity index (χ3n) is 2.93. The topological polar surface area (TPSA) is 63.4 Å². The van der Waals surface area contributed by atoms with E-state index >= 15 is 0 Å². The van der Waals surface area contributed by atoms with E-state index in [-0.39, 0.29) is 11.8 Å². The Bertz CT molecular complexity index is 468. The summed E-state index contributed by atoms with van der Waals surface area (Å²) in [6.45, 7) is 3.14. The van der Waals surface area contributed by atoms with Gasteiger partial charge in [0.1, 0.15) is 9.84 Å². The van der Waals surface area contributed by atoms with Crippen LogP contribution in [-0.4, -0.2) is 45.5 Å². The molecule has 0 aromatic carbocycles. The molecule has 0 aliphatic rings. The summed E-state index contributed by atoms with van der Waals surface area (Å²) in [4.78, 5) is 4.57. The van der Waals surface area contributed by atoms with Crippen LogP contribution >= 0.6 is 11.3 Å². The van der Waals surface area contributed by atoms with Gasteiger partial charge < -0.3 is 5.73 Å². The maximum Gasteiger partial charge on any atom is 0.148 e. The van der Waals surface area contributed by atoms with Crippen molar-refractivity contribution in [3.8, 4) is 0 Å². The van der Waals surface area contributed by atoms with Gasteiger partial charge in [0.15, 0.2) is 0 Å². The predicted molar refractivity (Wildman–Crippen MR) is 77.8 cm³/mol. The standard InChI is InChI=1S/C12H22N2O2S2/c1-4-10-5-6-12(17-10)11(9-13)14(2)7-8-18(3,15)16/h5-6,11H,4,7-9,13H2,1-3H3. The largest absolute Gasteiger partial charge is 0.329 e. The molecule has 0 saturated carbocycles. The van der Waals surface area contributed by atoms with Crippen LogP contribution in [0, 0.1) is 0 Å². The molecule has 2 N–H and O–H groups in total. The number of sulfone groups is 1. The fourth-order valence-corrected chi connectivity index (χ4v) is 3.49. The first kappa shape index (κ1) is 15.6. The van der Waals surface area contributed by atoms with Gasteiger partial charge >= 0.3 is 0 Å². The number of nitrogens with zero attached hydrogens (tertiary/aromatic N) is 1. The Balaban J connectivity index is 2.70. The highest BCUT2D eigenvalue weighted by Gasteiger charge is 2.18. The number of aryl methyl sites for hydroxylation is 1. The van der Waals surface area contributed by atoms with Gasteiger partial charge in [-0.1, -0.05) is 6.92 Å². The van der Waals surface area contributed by atoms with E-state index in [2.05, 4.69) is 19.1 Å². The Kier molecular flexibility index (Phi) is 5.78. The van der Waals surface area contributed by atoms with Crippen molar-refractivity contribution in [2.75, 3.05) is 32.1 Å². The van der Waals surface area contributed by atoms with Crippen LogP contribution in [-0.2, 0) is 16.3 Å². The quantitative estimate of drug-likeness (QED) is 0.822. The van der Waals surface area contributed by atoms with Gasteiger partial charge in [-0.05, 0) is 25.6 Å². The number of hydrogen-bond acceptors (Lipinski definition) is 5. The molecule has 0 saturated heterocycles. The Morgan fingerprint density at radius 2 is 2.11 bits per heavy atom. The summed E-state index contributed by atoms with van der Waals surface area (Å²) in [5.41, 5.74) is 5.81. The van der Waals surface area contributed by atoms with Crippen molar-refractivity contribution in [2.24, 2.45) is 5.73 Å². The van der Waals surface area contributed by atoms with E-state index in [1.165, 1.54) is 16.0 Å². The molecule has 0 aliphatic heterocycles. The molecule has 0 bridgehead atoms. The fraction of sp³-hybridized carbons (Fsp3) is 0.667. The summed E-state index contributed by atoms with van der Waals surface area (Å²) in [5.74, 6) is 0.173. The van der Waals surface area contributed by atoms with Gasteiger partial charge in [-0.3, -0.25) is 4.90 Å². The lowest BCUT2D eigenvalue weighted by Gasteiger charge is -2.25. The van der Waals surface area contributed by atoms with Gasteiger partial charge in [0, 0.05) is 29.1 Å². The van der Waals surface area contributed by atoms with Crippen LogP contribution in [0.4, 0.5) is 0 Å². The Morgan fingerprint density at radius 1 is 1.44 bits per heavy atom. The molecule has 1 aromatic heterocycles. The van der Waals surface area contributed by atoms with Gasteiger partial charge in [0.25, 0.3) is 0 Å². The van der Waals surface area contributed by atoms with Gasteiger partial charge in [-0.2, -0.15) is 0 Å². The molecule has 18 heavy (non-hydrogen) atoms. The highest BCUT2D eigenvalue weighted by Crippen LogP contribution is 2.26. The lowest BCUT2D eigenvalue weighted by molar-refractivity contribution is 0.268. The highest BCUT2D eigenvalue weighted by molar-refractivity contribution is 7.90. The lowest BCUT2D eigenvalue weighted by atomic mass is 10.2. The fourth-order valence-electron chi connectivity index (χ4n) is 1.74. The van der Waals surface area contributed by atoms with Crippen LogP contribution < -0.4 is 5.73 Å². The minimum Gasteiger partial charge on any atom is -0.329 e. The number of nitrogens with two attached hydrogens (primary N) is 1. The molecule has 0 amide bonds. The molecule has 0 fully saturated rings. The van der Waals surface area contributed by atoms with Crippen LogP contribution in [0.15, 0.2) is 12.1 Å². The van der Waals surface area contributed by atoms with Crippen LogP contribution in [0.3, 0.4) is 0 Å². The second-order valence-corrected chi connectivity index (χ2v) is 7.98. The summed E-state index contributed by atoms with van der Waals surface area (Å²) < 4.78 is 22.4. The van der Waals surface area contributed by atoms with Crippen molar-refractivity contribution in [1.82, 2.24) is 4.90 Å². The van der Waals surface area contributed by atoms with E-state index in [0.29, 0.717) is 13.1 Å². The zero-order valence-electron chi connectivity index (χ0n) is 11.2. The zero-order valence-corrected chi connectivity index (χ0v) is 12.9. The van der Waals surface area contributed by atoms with E-state index in [0.717, 1.165) is 6.42 Å². The molecular weight excluding hydrogens is 268 g/mol. The monoisotopic (exact) mass is 290 g/mol. The summed E-state index contributed by atoms with van der Waals surface area (Å²) in [5, 5.41) is 0. The Morgan fingerprint density at radius 3 is 2.56 bits per heavy atom. The van der Waals surface area contributed by atoms with Gasteiger partial charge in [0.05, 0.1) is 11.8 Å². The molecule has 1 rings (SSSR count). The number of hydrogen-bond donors (Lipinski definition) is 1. The van der Waals surface area contributed by atoms with Gasteiger partial charge in [-0.15, -0.1) is 11.3 Å². The minimum atomic E-state index is -2.92. The third-order valence-corrected chi connectivity index (χ3v) is 5.18. The van der Waals surface area contributed by atoms with E-state index in [9.17, 15) is 8.42 Å². The molecule has 0 radical (unpaired) electrons. The van der Waals surface area contributed by atoms with Crippen LogP contribution in [0.25, 0.3) is 0 Å². The van der Waals surface area contributed by atoms with Crippen molar-refractivity contribution in [3.63, 3.8) is 0 Å². The lowest BCUT2D eigenvalue weighted by Crippen LogP contribution is -2.33. The van der Waals surface area contributed by atoms with Crippen LogP contribution in [0.2, 0.25) is 0 Å². The van der Waals surface area contributed by atoms with E-state index in [1.807, 2.05) is 11.9 Å². The first-order valence-electron chi connectivity index (χ1n) is 6.04. The van der Waals surface area contributed by atoms with Crippen molar-refractivity contribution >= 4 is 21.2 Å². The summed E-state index contributed by atoms with van der Waals surface area (Å²) in [6, 6.07) is 4.32. The third kappa shape index (κ3) is 4.68. The van der Waals surface area contributed by atoms with E-state index in [1.54, 1.807) is 11.3 Å². The van der Waals surface area contributed by atoms with Gasteiger partial charge in [-0.25, -0.2) is 8.42 Å². The molecule has 4 nitrogen and oxygen atoms in total. The molecule has 1 atom stereocenters. The number of thiophene rings is 1. The van der Waals surface area contributed by atoms with E-state index in [4.69, 9.17) is 5.73 Å². The molecule has 6 heteroatoms. The maximum absolute atomic E-state index is 11.2. The van der Waals surface area contributed by atoms with Crippen LogP contribution in [0.5, 0.6) is 0 Å². The Labute approximate surface area is 114 Å². The van der Waals surface area contributed by atoms with Crippen molar-refractivity contribution in [1.29, 1.82) is 0 Å². The molecule has 1 aromatic rings. The summed E-state index contributed by atoms with van der Waals surface area (Å²) in [6.07, 6.45) is 2.29. The van der Waals surface area contributed by atoms with Crippen molar-refractivity contribution in [3.05, 3.63) is 21.9 Å². The zero-order chi connectivity index (χ0) is 13.8. The molecule has 1 heterocycles. The predicted octanol–water partition coefficient (Wildman–Crippen LogP) is 1.29. The van der Waals surface area contributed by atoms with Gasteiger partial charge in [0.2, 0.25) is 0 Å².